The summed E-state index contributed by atoms with van der Waals surface area (Å²) in [6.07, 6.45) is 16.0. The van der Waals surface area contributed by atoms with Gasteiger partial charge < -0.3 is 30.5 Å². The number of phosphoric acid groups is 1. The molecule has 0 aromatic heterocycles. The second-order valence-corrected chi connectivity index (χ2v) is 10.5. The number of ether oxygens (including phenoxy) is 1. The number of rotatable bonds is 13. The van der Waals surface area contributed by atoms with Gasteiger partial charge in [0.2, 0.25) is 0 Å². The van der Waals surface area contributed by atoms with E-state index in [4.69, 9.17) is 15.0 Å². The van der Waals surface area contributed by atoms with Crippen LogP contribution in [-0.2, 0) is 18.6 Å². The Morgan fingerprint density at radius 1 is 1.26 bits per heavy atom. The topological polar surface area (TPSA) is 160 Å². The van der Waals surface area contributed by atoms with Crippen LogP contribution in [0.1, 0.15) is 58.3 Å². The molecule has 9 nitrogen and oxygen atoms in total. The van der Waals surface area contributed by atoms with Gasteiger partial charge in [0.15, 0.2) is 0 Å². The molecule has 0 spiro atoms. The quantitative estimate of drug-likeness (QED) is 0.108. The minimum atomic E-state index is -5.01. The van der Waals surface area contributed by atoms with Crippen molar-refractivity contribution in [2.24, 2.45) is 17.6 Å². The van der Waals surface area contributed by atoms with Gasteiger partial charge in [0, 0.05) is 18.4 Å². The molecule has 10 heteroatoms. The summed E-state index contributed by atoms with van der Waals surface area (Å²) in [5.41, 5.74) is 3.75. The number of hydrogen-bond acceptors (Lipinski definition) is 7. The zero-order chi connectivity index (χ0) is 25.9. The molecule has 1 fully saturated rings. The Bertz CT molecular complexity index is 829. The first kappa shape index (κ1) is 29.6. The van der Waals surface area contributed by atoms with E-state index in [0.717, 1.165) is 12.8 Å². The van der Waals surface area contributed by atoms with Gasteiger partial charge >= 0.3 is 13.8 Å². The predicted octanol–water partition coefficient (Wildman–Crippen LogP) is 3.05. The van der Waals surface area contributed by atoms with E-state index < -0.39 is 37.7 Å². The summed E-state index contributed by atoms with van der Waals surface area (Å²) in [5, 5.41) is 21.9. The Balaban J connectivity index is 2.16. The summed E-state index contributed by atoms with van der Waals surface area (Å²) in [6.45, 7) is 1.91. The van der Waals surface area contributed by atoms with Crippen molar-refractivity contribution in [2.45, 2.75) is 82.2 Å². The fourth-order valence-electron chi connectivity index (χ4n) is 4.51. The third kappa shape index (κ3) is 10.5. The Morgan fingerprint density at radius 2 is 1.97 bits per heavy atom. The van der Waals surface area contributed by atoms with Gasteiger partial charge in [-0.1, -0.05) is 62.6 Å². The SMILES string of the molecule is CC[C@H]1C=CC(=O)O[C@H]1/C=C/[C@](O)(CCN)[C@@H](C[C@@H](O)/C=C\C=C/C1CCCCC1)OP(=O)(O)O. The van der Waals surface area contributed by atoms with Crippen LogP contribution in [-0.4, -0.2) is 56.4 Å². The number of nitrogens with two attached hydrogens (primary N) is 1. The number of aliphatic hydroxyl groups excluding tert-OH is 1. The van der Waals surface area contributed by atoms with Crippen LogP contribution in [0.25, 0.3) is 0 Å². The first-order valence-electron chi connectivity index (χ1n) is 12.3. The Morgan fingerprint density at radius 3 is 2.60 bits per heavy atom. The smallest absolute Gasteiger partial charge is 0.454 e. The number of cyclic esters (lactones) is 1. The molecule has 35 heavy (non-hydrogen) atoms. The molecular formula is C25H40NO8P. The Labute approximate surface area is 207 Å². The average molecular weight is 514 g/mol. The standard InChI is InChI=1S/C25H40NO8P/c1-2-20-12-13-24(28)33-22(20)14-15-25(29,16-17-26)23(34-35(30,31)32)18-21(27)11-7-6-10-19-8-4-3-5-9-19/h6-7,10-15,19-23,27,29H,2-5,8-9,16-18,26H2,1H3,(H2,30,31,32)/b10-6-,11-7-,15-14+/t20-,21-,22-,23+,25-/m0/s1. The molecule has 0 radical (unpaired) electrons. The minimum Gasteiger partial charge on any atom is -0.454 e. The summed E-state index contributed by atoms with van der Waals surface area (Å²) in [7, 11) is -5.01. The second-order valence-electron chi connectivity index (χ2n) is 9.28. The first-order valence-corrected chi connectivity index (χ1v) is 13.9. The second kappa shape index (κ2) is 14.2. The van der Waals surface area contributed by atoms with E-state index in [2.05, 4.69) is 6.08 Å². The molecule has 1 saturated carbocycles. The monoisotopic (exact) mass is 513 g/mol. The van der Waals surface area contributed by atoms with Gasteiger partial charge in [-0.2, -0.15) is 0 Å². The van der Waals surface area contributed by atoms with Gasteiger partial charge in [-0.3, -0.25) is 4.52 Å². The van der Waals surface area contributed by atoms with Crippen LogP contribution in [0.4, 0.5) is 0 Å². The lowest BCUT2D eigenvalue weighted by molar-refractivity contribution is -0.143. The maximum absolute atomic E-state index is 11.7. The van der Waals surface area contributed by atoms with E-state index in [0.29, 0.717) is 12.3 Å². The molecule has 1 aliphatic carbocycles. The number of phosphoric ester groups is 1. The van der Waals surface area contributed by atoms with Crippen LogP contribution in [0.5, 0.6) is 0 Å². The van der Waals surface area contributed by atoms with Crippen LogP contribution in [0.15, 0.2) is 48.6 Å². The van der Waals surface area contributed by atoms with Crippen LogP contribution in [0.3, 0.4) is 0 Å². The molecule has 1 aliphatic heterocycles. The van der Waals surface area contributed by atoms with Crippen molar-refractivity contribution in [1.29, 1.82) is 0 Å². The number of carbonyl (C=O) groups is 1. The molecule has 0 amide bonds. The molecule has 0 aromatic rings. The molecule has 198 valence electrons. The van der Waals surface area contributed by atoms with Gasteiger partial charge in [-0.05, 0) is 44.2 Å². The molecule has 0 unspecified atom stereocenters. The van der Waals surface area contributed by atoms with Gasteiger partial charge in [-0.15, -0.1) is 0 Å². The molecule has 0 aromatic carbocycles. The highest BCUT2D eigenvalue weighted by molar-refractivity contribution is 7.46. The number of esters is 1. The third-order valence-electron chi connectivity index (χ3n) is 6.50. The largest absolute Gasteiger partial charge is 0.469 e. The van der Waals surface area contributed by atoms with E-state index in [1.807, 2.05) is 13.0 Å². The zero-order valence-corrected chi connectivity index (χ0v) is 21.2. The molecule has 2 rings (SSSR count). The van der Waals surface area contributed by atoms with E-state index in [9.17, 15) is 29.4 Å². The zero-order valence-electron chi connectivity index (χ0n) is 20.3. The van der Waals surface area contributed by atoms with Crippen LogP contribution in [0.2, 0.25) is 0 Å². The molecule has 1 heterocycles. The Hall–Kier alpha value is -1.58. The highest BCUT2D eigenvalue weighted by Crippen LogP contribution is 2.42. The van der Waals surface area contributed by atoms with Crippen LogP contribution in [0, 0.1) is 11.8 Å². The first-order chi connectivity index (χ1) is 16.6. The lowest BCUT2D eigenvalue weighted by Crippen LogP contribution is -2.45. The van der Waals surface area contributed by atoms with Crippen molar-refractivity contribution >= 4 is 13.8 Å². The van der Waals surface area contributed by atoms with Crippen molar-refractivity contribution in [1.82, 2.24) is 0 Å². The maximum Gasteiger partial charge on any atom is 0.469 e. The van der Waals surface area contributed by atoms with Crippen molar-refractivity contribution in [3.8, 4) is 0 Å². The summed E-state index contributed by atoms with van der Waals surface area (Å²) >= 11 is 0. The number of aliphatic hydroxyl groups is 2. The van der Waals surface area contributed by atoms with Crippen LogP contribution >= 0.6 is 7.82 Å². The maximum atomic E-state index is 11.7. The molecule has 5 atom stereocenters. The normalized spacial score (nSPS) is 25.8. The molecule has 0 saturated heterocycles. The van der Waals surface area contributed by atoms with Gasteiger partial charge in [0.1, 0.15) is 17.8 Å². The van der Waals surface area contributed by atoms with Crippen molar-refractivity contribution < 1.29 is 38.6 Å². The third-order valence-corrected chi connectivity index (χ3v) is 7.03. The van der Waals surface area contributed by atoms with Crippen molar-refractivity contribution in [3.05, 3.63) is 48.6 Å². The highest BCUT2D eigenvalue weighted by Gasteiger charge is 2.40. The van der Waals surface area contributed by atoms with E-state index in [1.165, 1.54) is 43.6 Å². The van der Waals surface area contributed by atoms with E-state index in [-0.39, 0.29) is 25.3 Å². The van der Waals surface area contributed by atoms with E-state index in [1.54, 1.807) is 12.2 Å². The number of carbonyl (C=O) groups excluding carboxylic acids is 1. The van der Waals surface area contributed by atoms with E-state index >= 15 is 0 Å². The highest BCUT2D eigenvalue weighted by atomic mass is 31.2. The summed E-state index contributed by atoms with van der Waals surface area (Å²) < 4.78 is 21.9. The van der Waals surface area contributed by atoms with Crippen molar-refractivity contribution in [3.63, 3.8) is 0 Å². The average Bonchev–Trinajstić information content (AvgIpc) is 2.80. The lowest BCUT2D eigenvalue weighted by Gasteiger charge is -2.35. The van der Waals surface area contributed by atoms with Gasteiger partial charge in [-0.25, -0.2) is 9.36 Å². The fourth-order valence-corrected chi connectivity index (χ4v) is 5.11. The number of allylic oxidation sites excluding steroid dienone is 3. The summed E-state index contributed by atoms with van der Waals surface area (Å²) in [5.74, 6) is -0.111. The lowest BCUT2D eigenvalue weighted by atomic mass is 9.86. The van der Waals surface area contributed by atoms with Crippen molar-refractivity contribution in [2.75, 3.05) is 6.54 Å². The molecule has 2 aliphatic rings. The minimum absolute atomic E-state index is 0.0144. The predicted molar refractivity (Wildman–Crippen MR) is 133 cm³/mol. The summed E-state index contributed by atoms with van der Waals surface area (Å²) in [4.78, 5) is 30.6. The summed E-state index contributed by atoms with van der Waals surface area (Å²) in [6, 6.07) is 0. The molecule has 6 N–H and O–H groups in total. The Kier molecular flexibility index (Phi) is 12.1. The fraction of sp³-hybridized carbons (Fsp3) is 0.640. The van der Waals surface area contributed by atoms with Crippen LogP contribution < -0.4 is 5.73 Å². The van der Waals surface area contributed by atoms with Gasteiger partial charge in [0.25, 0.3) is 0 Å². The molecular weight excluding hydrogens is 473 g/mol. The number of hydrogen-bond donors (Lipinski definition) is 5. The molecule has 0 bridgehead atoms. The van der Waals surface area contributed by atoms with Gasteiger partial charge in [0.05, 0.1) is 6.10 Å².